The number of amides is 1. The summed E-state index contributed by atoms with van der Waals surface area (Å²) in [6.07, 6.45) is -1.65. The first-order valence-electron chi connectivity index (χ1n) is 12.4. The first-order chi connectivity index (χ1) is 18.6. The lowest BCUT2D eigenvalue weighted by atomic mass is 10.1. The minimum Gasteiger partial charge on any atom is -0.382 e. The molecule has 1 amide bonds. The third kappa shape index (κ3) is 5.18. The Balaban J connectivity index is 1.42. The number of nitrogens with zero attached hydrogens (tertiary/aromatic N) is 7. The minimum absolute atomic E-state index is 0.0540. The fourth-order valence-electron chi connectivity index (χ4n) is 4.73. The van der Waals surface area contributed by atoms with Crippen molar-refractivity contribution in [1.82, 2.24) is 29.1 Å². The Labute approximate surface area is 227 Å². The van der Waals surface area contributed by atoms with Gasteiger partial charge in [-0.3, -0.25) is 14.4 Å². The highest BCUT2D eigenvalue weighted by atomic mass is 35.5. The van der Waals surface area contributed by atoms with Gasteiger partial charge in [0.2, 0.25) is 5.91 Å². The molecule has 39 heavy (non-hydrogen) atoms. The molecule has 0 fully saturated rings. The number of rotatable bonds is 8. The quantitative estimate of drug-likeness (QED) is 0.286. The number of hydrogen-bond acceptors (Lipinski definition) is 5. The largest absolute Gasteiger partial charge is 0.434 e. The Kier molecular flexibility index (Phi) is 7.25. The monoisotopic (exact) mass is 561 g/mol. The summed E-state index contributed by atoms with van der Waals surface area (Å²) in [5, 5.41) is 9.54. The Bertz CT molecular complexity index is 1490. The second-order valence-electron chi connectivity index (χ2n) is 9.36. The maximum atomic E-state index is 13.2. The lowest BCUT2D eigenvalue weighted by Gasteiger charge is -2.27. The Morgan fingerprint density at radius 3 is 2.62 bits per heavy atom. The molecule has 0 bridgehead atoms. The van der Waals surface area contributed by atoms with Crippen LogP contribution >= 0.6 is 11.6 Å². The topological polar surface area (TPSA) is 83.0 Å². The zero-order valence-corrected chi connectivity index (χ0v) is 22.4. The van der Waals surface area contributed by atoms with E-state index in [1.807, 2.05) is 13.0 Å². The lowest BCUT2D eigenvalue weighted by Crippen LogP contribution is -2.36. The van der Waals surface area contributed by atoms with Gasteiger partial charge in [0.15, 0.2) is 5.69 Å². The number of carbonyl (C=O) groups is 1. The second-order valence-corrected chi connectivity index (χ2v) is 9.77. The van der Waals surface area contributed by atoms with Crippen molar-refractivity contribution in [1.29, 1.82) is 0 Å². The molecule has 0 spiro atoms. The average Bonchev–Trinajstić information content (AvgIpc) is 3.62. The van der Waals surface area contributed by atoms with E-state index in [0.717, 1.165) is 11.8 Å². The van der Waals surface area contributed by atoms with Gasteiger partial charge in [0.25, 0.3) is 0 Å². The number of anilines is 1. The van der Waals surface area contributed by atoms with Crippen molar-refractivity contribution in [3.05, 3.63) is 59.0 Å². The van der Waals surface area contributed by atoms with Gasteiger partial charge >= 0.3 is 6.18 Å². The number of ether oxygens (including phenoxy) is 1. The third-order valence-corrected chi connectivity index (χ3v) is 6.93. The van der Waals surface area contributed by atoms with Crippen LogP contribution in [0.15, 0.2) is 42.7 Å². The van der Waals surface area contributed by atoms with E-state index in [1.54, 1.807) is 58.8 Å². The van der Waals surface area contributed by atoms with E-state index in [1.165, 1.54) is 4.57 Å². The van der Waals surface area contributed by atoms with Crippen molar-refractivity contribution < 1.29 is 22.7 Å². The summed E-state index contributed by atoms with van der Waals surface area (Å²) in [6, 6.07) is 8.76. The van der Waals surface area contributed by atoms with E-state index in [4.69, 9.17) is 21.4 Å². The molecular formula is C26H27ClF3N7O2. The van der Waals surface area contributed by atoms with Crippen molar-refractivity contribution in [3.8, 4) is 22.8 Å². The van der Waals surface area contributed by atoms with Gasteiger partial charge in [-0.1, -0.05) is 35.9 Å². The molecule has 9 nitrogen and oxygen atoms in total. The van der Waals surface area contributed by atoms with Gasteiger partial charge in [0.1, 0.15) is 23.0 Å². The molecular weight excluding hydrogens is 535 g/mol. The fourth-order valence-corrected chi connectivity index (χ4v) is 4.96. The second kappa shape index (κ2) is 10.5. The number of methoxy groups -OCH3 is 1. The van der Waals surface area contributed by atoms with Gasteiger partial charge < -0.3 is 9.30 Å². The van der Waals surface area contributed by atoms with Crippen molar-refractivity contribution in [2.75, 3.05) is 18.6 Å². The van der Waals surface area contributed by atoms with Crippen molar-refractivity contribution in [2.24, 2.45) is 0 Å². The summed E-state index contributed by atoms with van der Waals surface area (Å²) in [5.74, 6) is 0.816. The van der Waals surface area contributed by atoms with E-state index >= 15 is 0 Å². The third-order valence-electron chi connectivity index (χ3n) is 6.65. The molecule has 1 aliphatic heterocycles. The summed E-state index contributed by atoms with van der Waals surface area (Å²) in [4.78, 5) is 18.4. The van der Waals surface area contributed by atoms with Crippen LogP contribution in [0.2, 0.25) is 5.02 Å². The summed E-state index contributed by atoms with van der Waals surface area (Å²) in [7, 11) is 1.62. The first kappa shape index (κ1) is 26.9. The highest BCUT2D eigenvalue weighted by Gasteiger charge is 2.35. The van der Waals surface area contributed by atoms with Crippen molar-refractivity contribution in [3.63, 3.8) is 0 Å². The molecule has 0 radical (unpaired) electrons. The maximum Gasteiger partial charge on any atom is 0.434 e. The van der Waals surface area contributed by atoms with Crippen molar-refractivity contribution >= 4 is 23.3 Å². The van der Waals surface area contributed by atoms with Gasteiger partial charge in [-0.05, 0) is 19.4 Å². The molecule has 4 aromatic rings. The molecule has 0 saturated carbocycles. The number of hydrogen-bond donors (Lipinski definition) is 0. The van der Waals surface area contributed by atoms with E-state index in [-0.39, 0.29) is 30.7 Å². The summed E-state index contributed by atoms with van der Waals surface area (Å²) in [5.41, 5.74) is 1.68. The molecule has 13 heteroatoms. The molecule has 1 atom stereocenters. The van der Waals surface area contributed by atoms with E-state index in [2.05, 4.69) is 10.1 Å². The van der Waals surface area contributed by atoms with Gasteiger partial charge in [-0.15, -0.1) is 0 Å². The van der Waals surface area contributed by atoms with E-state index in [0.29, 0.717) is 47.5 Å². The number of carbonyl (C=O) groups excluding carboxylic acids is 1. The smallest absolute Gasteiger partial charge is 0.382 e. The fraction of sp³-hybridized carbons (Fsp3) is 0.385. The van der Waals surface area contributed by atoms with Crippen LogP contribution in [0.5, 0.6) is 0 Å². The molecule has 0 N–H and O–H groups in total. The van der Waals surface area contributed by atoms with Gasteiger partial charge in [0, 0.05) is 37.9 Å². The van der Waals surface area contributed by atoms with Crippen LogP contribution in [0, 0.1) is 0 Å². The number of aromatic nitrogens is 6. The lowest BCUT2D eigenvalue weighted by molar-refractivity contribution is -0.140. The predicted molar refractivity (Wildman–Crippen MR) is 139 cm³/mol. The standard InChI is InChI=1S/C26H27ClF3N7O2/c1-4-34-14-21(26(28,29)30)32-25(34)18-7-5-17(6-8-18)13-35-22-11-20(33-36(22)10-9-23(35)38)24-19(27)12-31-37(24)16(2)15-39-3/h5-8,11-12,14,16H,4,9-10,13,15H2,1-3H3. The number of benzene rings is 1. The van der Waals surface area contributed by atoms with E-state index < -0.39 is 11.9 Å². The molecule has 1 aromatic carbocycles. The SMILES string of the molecule is CCn1cc(C(F)(F)F)nc1-c1ccc(CN2C(=O)CCn3nc(-c4c(Cl)cnn4C(C)COC)cc32)cc1. The predicted octanol–water partition coefficient (Wildman–Crippen LogP) is 5.45. The van der Waals surface area contributed by atoms with Gasteiger partial charge in [-0.25, -0.2) is 9.67 Å². The Hall–Kier alpha value is -3.64. The van der Waals surface area contributed by atoms with Crippen LogP contribution < -0.4 is 4.90 Å². The van der Waals surface area contributed by atoms with Crippen LogP contribution in [-0.2, 0) is 35.3 Å². The molecule has 0 aliphatic carbocycles. The molecule has 4 heterocycles. The van der Waals surface area contributed by atoms with Crippen molar-refractivity contribution in [2.45, 2.75) is 52.1 Å². The van der Waals surface area contributed by atoms with Gasteiger partial charge in [0.05, 0.1) is 37.0 Å². The highest BCUT2D eigenvalue weighted by Crippen LogP contribution is 2.35. The molecule has 5 rings (SSSR count). The molecule has 0 saturated heterocycles. The highest BCUT2D eigenvalue weighted by molar-refractivity contribution is 6.33. The summed E-state index contributed by atoms with van der Waals surface area (Å²) in [6.45, 7) is 5.22. The summed E-state index contributed by atoms with van der Waals surface area (Å²) < 4.78 is 49.8. The first-order valence-corrected chi connectivity index (χ1v) is 12.8. The van der Waals surface area contributed by atoms with Crippen LogP contribution in [0.1, 0.15) is 37.6 Å². The summed E-state index contributed by atoms with van der Waals surface area (Å²) >= 11 is 6.47. The maximum absolute atomic E-state index is 13.2. The van der Waals surface area contributed by atoms with Crippen LogP contribution in [0.3, 0.4) is 0 Å². The van der Waals surface area contributed by atoms with Crippen LogP contribution in [0.4, 0.5) is 19.0 Å². The normalized spacial score (nSPS) is 14.6. The molecule has 1 unspecified atom stereocenters. The number of halogens is 4. The molecule has 3 aromatic heterocycles. The number of fused-ring (bicyclic) bond motifs is 1. The number of alkyl halides is 3. The number of imidazole rings is 1. The van der Waals surface area contributed by atoms with Gasteiger partial charge in [-0.2, -0.15) is 23.4 Å². The van der Waals surface area contributed by atoms with E-state index in [9.17, 15) is 18.0 Å². The van der Waals surface area contributed by atoms with Crippen LogP contribution in [-0.4, -0.2) is 48.7 Å². The average molecular weight is 562 g/mol. The minimum atomic E-state index is -4.52. The van der Waals surface area contributed by atoms with Crippen LogP contribution in [0.25, 0.3) is 22.8 Å². The Morgan fingerprint density at radius 2 is 1.95 bits per heavy atom. The Morgan fingerprint density at radius 1 is 1.21 bits per heavy atom. The molecule has 206 valence electrons. The zero-order chi connectivity index (χ0) is 27.9. The zero-order valence-electron chi connectivity index (χ0n) is 21.6. The number of aryl methyl sites for hydroxylation is 2. The molecule has 1 aliphatic rings.